The van der Waals surface area contributed by atoms with Crippen molar-refractivity contribution in [3.63, 3.8) is 0 Å². The van der Waals surface area contributed by atoms with Crippen molar-refractivity contribution in [1.82, 2.24) is 0 Å². The van der Waals surface area contributed by atoms with E-state index in [2.05, 4.69) is 0 Å². The summed E-state index contributed by atoms with van der Waals surface area (Å²) in [6.07, 6.45) is 2.00. The van der Waals surface area contributed by atoms with Gasteiger partial charge in [-0.1, -0.05) is 17.8 Å². The zero-order valence-electron chi connectivity index (χ0n) is 5.49. The summed E-state index contributed by atoms with van der Waals surface area (Å²) < 4.78 is 0. The van der Waals surface area contributed by atoms with E-state index in [1.165, 1.54) is 16.7 Å². The first-order valence-electron chi connectivity index (χ1n) is 2.52. The first kappa shape index (κ1) is 7.76. The van der Waals surface area contributed by atoms with Gasteiger partial charge in [0, 0.05) is 0 Å². The largest absolute Gasteiger partial charge is 0.298 e. The molecule has 0 heterocycles. The average molecular weight is 129 g/mol. The summed E-state index contributed by atoms with van der Waals surface area (Å²) in [7, 11) is 0. The number of allylic oxidation sites excluding steroid dienone is 2. The van der Waals surface area contributed by atoms with E-state index >= 15 is 0 Å². The maximum absolute atomic E-state index is 7.05. The molecule has 1 nitrogen and oxygen atoms in total. The van der Waals surface area contributed by atoms with Crippen LogP contribution in [0.2, 0.25) is 0 Å². The topological polar surface area (TPSA) is 23.9 Å². The molecule has 0 aliphatic heterocycles. The Morgan fingerprint density at radius 1 is 1.50 bits per heavy atom. The normalized spacial score (nSPS) is 11.6. The van der Waals surface area contributed by atoms with Gasteiger partial charge in [-0.25, -0.2) is 0 Å². The van der Waals surface area contributed by atoms with Crippen molar-refractivity contribution in [2.45, 2.75) is 20.8 Å². The third-order valence-corrected chi connectivity index (χ3v) is 1.58. The van der Waals surface area contributed by atoms with Crippen molar-refractivity contribution in [2.75, 3.05) is 0 Å². The molecule has 0 aromatic heterocycles. The second-order valence-corrected chi connectivity index (χ2v) is 3.02. The molecule has 8 heavy (non-hydrogen) atoms. The second-order valence-electron chi connectivity index (χ2n) is 1.56. The molecule has 0 aliphatic rings. The molecule has 0 saturated carbocycles. The monoisotopic (exact) mass is 129 g/mol. The molecule has 0 aromatic rings. The van der Waals surface area contributed by atoms with Gasteiger partial charge in [-0.3, -0.25) is 5.41 Å². The van der Waals surface area contributed by atoms with Gasteiger partial charge in [-0.15, -0.1) is 0 Å². The first-order chi connectivity index (χ1) is 3.66. The van der Waals surface area contributed by atoms with Crippen molar-refractivity contribution in [2.24, 2.45) is 0 Å². The molecule has 0 bridgehead atoms. The Morgan fingerprint density at radius 3 is 2.12 bits per heavy atom. The first-order valence-corrected chi connectivity index (χ1v) is 3.34. The highest BCUT2D eigenvalue weighted by molar-refractivity contribution is 8.17. The average Bonchev–Trinajstić information content (AvgIpc) is 1.65. The Labute approximate surface area is 54.7 Å². The van der Waals surface area contributed by atoms with Gasteiger partial charge in [-0.05, 0) is 25.7 Å². The van der Waals surface area contributed by atoms with E-state index in [-0.39, 0.29) is 0 Å². The number of hydrogen-bond acceptors (Lipinski definition) is 2. The van der Waals surface area contributed by atoms with Crippen LogP contribution in [0.3, 0.4) is 0 Å². The smallest absolute Gasteiger partial charge is 0.0654 e. The van der Waals surface area contributed by atoms with Crippen LogP contribution in [0.4, 0.5) is 0 Å². The second kappa shape index (κ2) is 3.72. The fourth-order valence-corrected chi connectivity index (χ4v) is 0.901. The summed E-state index contributed by atoms with van der Waals surface area (Å²) in [6.45, 7) is 5.77. The zero-order chi connectivity index (χ0) is 6.57. The predicted molar refractivity (Wildman–Crippen MR) is 40.4 cm³/mol. The van der Waals surface area contributed by atoms with Crippen LogP contribution in [0.15, 0.2) is 11.0 Å². The Kier molecular flexibility index (Phi) is 3.61. The molecule has 0 fully saturated rings. The van der Waals surface area contributed by atoms with Crippen LogP contribution in [0.1, 0.15) is 20.8 Å². The van der Waals surface area contributed by atoms with Crippen molar-refractivity contribution in [1.29, 1.82) is 5.41 Å². The van der Waals surface area contributed by atoms with Crippen molar-refractivity contribution >= 4 is 16.8 Å². The summed E-state index contributed by atoms with van der Waals surface area (Å²) in [6, 6.07) is 0. The molecule has 0 atom stereocenters. The highest BCUT2D eigenvalue weighted by atomic mass is 32.2. The van der Waals surface area contributed by atoms with Crippen LogP contribution in [0, 0.1) is 5.41 Å². The maximum atomic E-state index is 7.05. The number of rotatable bonds is 1. The van der Waals surface area contributed by atoms with Gasteiger partial charge < -0.3 is 0 Å². The molecule has 0 aromatic carbocycles. The van der Waals surface area contributed by atoms with Crippen LogP contribution in [-0.4, -0.2) is 5.04 Å². The molecule has 0 amide bonds. The number of hydrogen-bond donors (Lipinski definition) is 1. The minimum absolute atomic E-state index is 0.653. The van der Waals surface area contributed by atoms with Crippen LogP contribution >= 0.6 is 11.8 Å². The van der Waals surface area contributed by atoms with E-state index in [1.54, 1.807) is 6.92 Å². The molecule has 0 rings (SSSR count). The van der Waals surface area contributed by atoms with E-state index < -0.39 is 0 Å². The highest BCUT2D eigenvalue weighted by Crippen LogP contribution is 2.13. The van der Waals surface area contributed by atoms with Crippen LogP contribution < -0.4 is 0 Å². The lowest BCUT2D eigenvalue weighted by Gasteiger charge is -1.93. The molecule has 0 unspecified atom stereocenters. The highest BCUT2D eigenvalue weighted by Gasteiger charge is 1.87. The molecular weight excluding hydrogens is 118 g/mol. The zero-order valence-corrected chi connectivity index (χ0v) is 6.30. The van der Waals surface area contributed by atoms with Crippen LogP contribution in [0.25, 0.3) is 0 Å². The molecule has 0 spiro atoms. The third kappa shape index (κ3) is 3.93. The van der Waals surface area contributed by atoms with Gasteiger partial charge in [0.05, 0.1) is 5.04 Å². The summed E-state index contributed by atoms with van der Waals surface area (Å²) in [5.74, 6) is 0. The summed E-state index contributed by atoms with van der Waals surface area (Å²) in [5, 5.41) is 7.70. The lowest BCUT2D eigenvalue weighted by molar-refractivity contribution is 1.53. The standard InChI is InChI=1S/C6H11NS/c1-4-5(2)8-6(3)7/h4,7H,1-3H3/b5-4-,7-6?. The van der Waals surface area contributed by atoms with Crippen LogP contribution in [0.5, 0.6) is 0 Å². The Hall–Kier alpha value is -0.240. The predicted octanol–water partition coefficient (Wildman–Crippen LogP) is 2.64. The molecule has 0 saturated heterocycles. The number of nitrogens with one attached hydrogen (secondary N) is 1. The molecular formula is C6H11NS. The van der Waals surface area contributed by atoms with Gasteiger partial charge >= 0.3 is 0 Å². The SMILES string of the molecule is C/C=C(/C)SC(C)=N. The summed E-state index contributed by atoms with van der Waals surface area (Å²) in [4.78, 5) is 1.19. The van der Waals surface area contributed by atoms with Gasteiger partial charge in [0.15, 0.2) is 0 Å². The van der Waals surface area contributed by atoms with Crippen molar-refractivity contribution in [3.8, 4) is 0 Å². The molecule has 0 aliphatic carbocycles. The fourth-order valence-electron chi connectivity index (χ4n) is 0.300. The van der Waals surface area contributed by atoms with Crippen LogP contribution in [-0.2, 0) is 0 Å². The Bertz CT molecular complexity index is 116. The van der Waals surface area contributed by atoms with E-state index in [9.17, 15) is 0 Å². The Balaban J connectivity index is 3.56. The van der Waals surface area contributed by atoms with Crippen molar-refractivity contribution in [3.05, 3.63) is 11.0 Å². The minimum Gasteiger partial charge on any atom is -0.298 e. The van der Waals surface area contributed by atoms with E-state index in [0.29, 0.717) is 5.04 Å². The molecule has 46 valence electrons. The third-order valence-electron chi connectivity index (χ3n) is 0.721. The summed E-state index contributed by atoms with van der Waals surface area (Å²) in [5.41, 5.74) is 0. The lowest BCUT2D eigenvalue weighted by Crippen LogP contribution is -1.76. The van der Waals surface area contributed by atoms with Gasteiger partial charge in [0.25, 0.3) is 0 Å². The van der Waals surface area contributed by atoms with Gasteiger partial charge in [-0.2, -0.15) is 0 Å². The van der Waals surface area contributed by atoms with Gasteiger partial charge in [0.2, 0.25) is 0 Å². The fraction of sp³-hybridized carbons (Fsp3) is 0.500. The molecule has 2 heteroatoms. The summed E-state index contributed by atoms with van der Waals surface area (Å²) >= 11 is 1.50. The van der Waals surface area contributed by atoms with Gasteiger partial charge in [0.1, 0.15) is 0 Å². The maximum Gasteiger partial charge on any atom is 0.0654 e. The number of thioether (sulfide) groups is 1. The lowest BCUT2D eigenvalue weighted by atomic mass is 10.6. The Morgan fingerprint density at radius 2 is 2.00 bits per heavy atom. The van der Waals surface area contributed by atoms with E-state index in [0.717, 1.165) is 0 Å². The minimum atomic E-state index is 0.653. The van der Waals surface area contributed by atoms with Crippen molar-refractivity contribution < 1.29 is 0 Å². The van der Waals surface area contributed by atoms with E-state index in [1.807, 2.05) is 19.9 Å². The molecule has 1 N–H and O–H groups in total. The quantitative estimate of drug-likeness (QED) is 0.427. The molecule has 0 radical (unpaired) electrons. The van der Waals surface area contributed by atoms with E-state index in [4.69, 9.17) is 5.41 Å².